The van der Waals surface area contributed by atoms with E-state index in [4.69, 9.17) is 4.52 Å². The van der Waals surface area contributed by atoms with Crippen LogP contribution < -0.4 is 4.90 Å². The molecule has 1 fully saturated rings. The number of para-hydroxylation sites is 1. The molecule has 4 aromatic rings. The summed E-state index contributed by atoms with van der Waals surface area (Å²) in [5.74, 6) is 0.652. The molecule has 0 saturated carbocycles. The zero-order valence-electron chi connectivity index (χ0n) is 15.2. The van der Waals surface area contributed by atoms with Crippen molar-refractivity contribution in [2.24, 2.45) is 0 Å². The Balaban J connectivity index is 1.22. The van der Waals surface area contributed by atoms with Gasteiger partial charge in [-0.15, -0.1) is 5.10 Å². The lowest BCUT2D eigenvalue weighted by molar-refractivity contribution is 0.245. The number of aromatic nitrogens is 4. The predicted molar refractivity (Wildman–Crippen MR) is 103 cm³/mol. The number of halogens is 1. The van der Waals surface area contributed by atoms with Crippen LogP contribution in [0, 0.1) is 5.82 Å². The van der Waals surface area contributed by atoms with Crippen LogP contribution in [0.15, 0.2) is 59.3 Å². The topological polar surface area (TPSA) is 63.2 Å². The summed E-state index contributed by atoms with van der Waals surface area (Å²) in [5.41, 5.74) is 2.50. The molecule has 3 heterocycles. The average Bonchev–Trinajstić information content (AvgIpc) is 3.36. The molecule has 0 aliphatic carbocycles. The molecule has 0 amide bonds. The van der Waals surface area contributed by atoms with Crippen molar-refractivity contribution in [2.75, 3.05) is 31.1 Å². The predicted octanol–water partition coefficient (Wildman–Crippen LogP) is 2.87. The van der Waals surface area contributed by atoms with Gasteiger partial charge in [0.05, 0.1) is 23.0 Å². The lowest BCUT2D eigenvalue weighted by Gasteiger charge is -2.34. The largest absolute Gasteiger partial charge is 0.354 e. The maximum absolute atomic E-state index is 13.1. The lowest BCUT2D eigenvalue weighted by atomic mass is 10.2. The molecular formula is C20H19FN6O. The Morgan fingerprint density at radius 1 is 0.964 bits per heavy atom. The molecular weight excluding hydrogens is 359 g/mol. The van der Waals surface area contributed by atoms with Crippen molar-refractivity contribution in [1.29, 1.82) is 0 Å². The number of fused-ring (bicyclic) bond motifs is 1. The summed E-state index contributed by atoms with van der Waals surface area (Å²) >= 11 is 0. The summed E-state index contributed by atoms with van der Waals surface area (Å²) in [7, 11) is 0. The number of hydrogen-bond donors (Lipinski definition) is 0. The van der Waals surface area contributed by atoms with E-state index in [0.717, 1.165) is 60.9 Å². The molecule has 7 nitrogen and oxygen atoms in total. The second kappa shape index (κ2) is 7.05. The molecule has 0 radical (unpaired) electrons. The maximum Gasteiger partial charge on any atom is 0.180 e. The van der Waals surface area contributed by atoms with E-state index in [1.807, 2.05) is 30.5 Å². The molecule has 0 atom stereocenters. The molecule has 0 N–H and O–H groups in total. The summed E-state index contributed by atoms with van der Waals surface area (Å²) in [6.45, 7) is 4.30. The summed E-state index contributed by atoms with van der Waals surface area (Å²) in [4.78, 5) is 4.61. The molecule has 1 saturated heterocycles. The van der Waals surface area contributed by atoms with Crippen molar-refractivity contribution in [3.63, 3.8) is 0 Å². The van der Waals surface area contributed by atoms with Gasteiger partial charge < -0.3 is 9.42 Å². The zero-order chi connectivity index (χ0) is 18.9. The standard InChI is InChI=1S/C20H19FN6O/c21-15-5-7-17(8-6-15)27-14-16(22-24-27)13-25-9-11-26(12-10-25)20-18-3-1-2-4-19(18)28-23-20/h1-8,14H,9-13H2. The Labute approximate surface area is 160 Å². The van der Waals surface area contributed by atoms with Gasteiger partial charge in [0, 0.05) is 32.7 Å². The summed E-state index contributed by atoms with van der Waals surface area (Å²) < 4.78 is 20.2. The Hall–Kier alpha value is -3.26. The Morgan fingerprint density at radius 3 is 2.57 bits per heavy atom. The number of hydrogen-bond acceptors (Lipinski definition) is 6. The zero-order valence-corrected chi connectivity index (χ0v) is 15.2. The fraction of sp³-hybridized carbons (Fsp3) is 0.250. The molecule has 1 aliphatic rings. The van der Waals surface area contributed by atoms with Crippen molar-refractivity contribution >= 4 is 16.8 Å². The minimum atomic E-state index is -0.262. The summed E-state index contributed by atoms with van der Waals surface area (Å²) in [5, 5.41) is 13.7. The van der Waals surface area contributed by atoms with Crippen molar-refractivity contribution < 1.29 is 8.91 Å². The molecule has 2 aromatic carbocycles. The van der Waals surface area contributed by atoms with Crippen LogP contribution in [-0.4, -0.2) is 51.2 Å². The van der Waals surface area contributed by atoms with Crippen LogP contribution in [0.1, 0.15) is 5.69 Å². The quantitative estimate of drug-likeness (QED) is 0.544. The van der Waals surface area contributed by atoms with E-state index in [2.05, 4.69) is 25.3 Å². The third kappa shape index (κ3) is 3.22. The first-order valence-corrected chi connectivity index (χ1v) is 9.25. The number of benzene rings is 2. The maximum atomic E-state index is 13.1. The highest BCUT2D eigenvalue weighted by Gasteiger charge is 2.22. The third-order valence-corrected chi connectivity index (χ3v) is 5.05. The van der Waals surface area contributed by atoms with E-state index in [1.54, 1.807) is 16.8 Å². The molecule has 5 rings (SSSR count). The van der Waals surface area contributed by atoms with Crippen molar-refractivity contribution in [3.05, 3.63) is 66.2 Å². The van der Waals surface area contributed by atoms with E-state index >= 15 is 0 Å². The van der Waals surface area contributed by atoms with Crippen molar-refractivity contribution in [2.45, 2.75) is 6.54 Å². The van der Waals surface area contributed by atoms with Gasteiger partial charge in [0.1, 0.15) is 5.82 Å². The second-order valence-electron chi connectivity index (χ2n) is 6.90. The molecule has 0 spiro atoms. The number of rotatable bonds is 4. The van der Waals surface area contributed by atoms with E-state index < -0.39 is 0 Å². The van der Waals surface area contributed by atoms with Crippen LogP contribution in [0.4, 0.5) is 10.2 Å². The summed E-state index contributed by atoms with van der Waals surface area (Å²) in [6, 6.07) is 14.2. The fourth-order valence-electron chi connectivity index (χ4n) is 3.54. The SMILES string of the molecule is Fc1ccc(-n2cc(CN3CCN(c4noc5ccccc45)CC3)nn2)cc1. The first kappa shape index (κ1) is 16.9. The molecule has 8 heteroatoms. The highest BCUT2D eigenvalue weighted by Crippen LogP contribution is 2.26. The normalized spacial score (nSPS) is 15.4. The van der Waals surface area contributed by atoms with Crippen LogP contribution in [0.3, 0.4) is 0 Å². The molecule has 0 unspecified atom stereocenters. The van der Waals surface area contributed by atoms with Crippen molar-refractivity contribution in [1.82, 2.24) is 25.1 Å². The molecule has 1 aliphatic heterocycles. The van der Waals surface area contributed by atoms with E-state index in [9.17, 15) is 4.39 Å². The molecule has 142 valence electrons. The smallest absolute Gasteiger partial charge is 0.180 e. The summed E-state index contributed by atoms with van der Waals surface area (Å²) in [6.07, 6.45) is 1.89. The van der Waals surface area contributed by atoms with E-state index in [-0.39, 0.29) is 5.82 Å². The molecule has 0 bridgehead atoms. The number of anilines is 1. The van der Waals surface area contributed by atoms with Crippen LogP contribution in [0.5, 0.6) is 0 Å². The van der Waals surface area contributed by atoms with Gasteiger partial charge in [0.15, 0.2) is 11.4 Å². The molecule has 2 aromatic heterocycles. The Morgan fingerprint density at radius 2 is 1.75 bits per heavy atom. The Kier molecular flexibility index (Phi) is 4.25. The van der Waals surface area contributed by atoms with Gasteiger partial charge in [0.25, 0.3) is 0 Å². The Bertz CT molecular complexity index is 1080. The second-order valence-corrected chi connectivity index (χ2v) is 6.90. The van der Waals surface area contributed by atoms with E-state index in [0.29, 0.717) is 0 Å². The van der Waals surface area contributed by atoms with Crippen LogP contribution in [0.25, 0.3) is 16.7 Å². The third-order valence-electron chi connectivity index (χ3n) is 5.05. The lowest BCUT2D eigenvalue weighted by Crippen LogP contribution is -2.46. The van der Waals surface area contributed by atoms with Gasteiger partial charge >= 0.3 is 0 Å². The highest BCUT2D eigenvalue weighted by molar-refractivity contribution is 5.88. The number of piperazine rings is 1. The minimum Gasteiger partial charge on any atom is -0.354 e. The van der Waals surface area contributed by atoms with E-state index in [1.165, 1.54) is 12.1 Å². The monoisotopic (exact) mass is 378 g/mol. The van der Waals surface area contributed by atoms with Crippen LogP contribution in [-0.2, 0) is 6.54 Å². The van der Waals surface area contributed by atoms with Crippen molar-refractivity contribution in [3.8, 4) is 5.69 Å². The van der Waals surface area contributed by atoms with Gasteiger partial charge in [-0.1, -0.05) is 22.5 Å². The van der Waals surface area contributed by atoms with Gasteiger partial charge in [-0.25, -0.2) is 9.07 Å². The van der Waals surface area contributed by atoms with Crippen LogP contribution in [0.2, 0.25) is 0 Å². The van der Waals surface area contributed by atoms with Gasteiger partial charge in [-0.2, -0.15) is 0 Å². The first-order valence-electron chi connectivity index (χ1n) is 9.25. The first-order chi connectivity index (χ1) is 13.8. The van der Waals surface area contributed by atoms with Crippen LogP contribution >= 0.6 is 0 Å². The van der Waals surface area contributed by atoms with Gasteiger partial charge in [-0.05, 0) is 36.4 Å². The van der Waals surface area contributed by atoms with Gasteiger partial charge in [-0.3, -0.25) is 4.90 Å². The minimum absolute atomic E-state index is 0.262. The number of nitrogens with zero attached hydrogens (tertiary/aromatic N) is 6. The molecule has 28 heavy (non-hydrogen) atoms. The van der Waals surface area contributed by atoms with Gasteiger partial charge in [0.2, 0.25) is 0 Å². The fourth-order valence-corrected chi connectivity index (χ4v) is 3.54. The highest BCUT2D eigenvalue weighted by atomic mass is 19.1. The average molecular weight is 378 g/mol.